The third kappa shape index (κ3) is 9.56. The first kappa shape index (κ1) is 33.2. The summed E-state index contributed by atoms with van der Waals surface area (Å²) < 4.78 is 1.53. The van der Waals surface area contributed by atoms with Crippen LogP contribution in [0.25, 0.3) is 16.9 Å². The fourth-order valence-corrected chi connectivity index (χ4v) is 5.64. The molecule has 39 heavy (non-hydrogen) atoms. The van der Waals surface area contributed by atoms with Gasteiger partial charge in [0.2, 0.25) is 11.4 Å². The Balaban J connectivity index is 0.00000533. The molecule has 0 bridgehead atoms. The summed E-state index contributed by atoms with van der Waals surface area (Å²) >= 11 is 0. The van der Waals surface area contributed by atoms with E-state index in [9.17, 15) is 5.53 Å². The molecule has 2 aromatic carbocycles. The number of aryl methyl sites for hydroxylation is 2. The first-order chi connectivity index (χ1) is 18.6. The summed E-state index contributed by atoms with van der Waals surface area (Å²) in [6.45, 7) is 9.03. The van der Waals surface area contributed by atoms with E-state index in [0.29, 0.717) is 0 Å². The summed E-state index contributed by atoms with van der Waals surface area (Å²) in [4.78, 5) is 0. The summed E-state index contributed by atoms with van der Waals surface area (Å²) in [6, 6.07) is 18.0. The first-order valence-corrected chi connectivity index (χ1v) is 15.8. The van der Waals surface area contributed by atoms with E-state index < -0.39 is 0 Å². The topological polar surface area (TPSA) is 25.3 Å². The van der Waals surface area contributed by atoms with E-state index in [1.807, 2.05) is 0 Å². The van der Waals surface area contributed by atoms with Crippen molar-refractivity contribution < 1.29 is 21.2 Å². The number of unbranched alkanes of at least 4 members (excludes halogenated alkanes) is 8. The minimum absolute atomic E-state index is 0. The third-order valence-corrected chi connectivity index (χ3v) is 8.01. The maximum atomic E-state index is 11.7. The smallest absolute Gasteiger partial charge is 0.211 e. The summed E-state index contributed by atoms with van der Waals surface area (Å²) in [7, 11) is 0. The Hall–Kier alpha value is -1.99. The fraction of sp³-hybridized carbons (Fsp3) is 0.556. The Kier molecular flexibility index (Phi) is 15.7. The minimum atomic E-state index is 0. The van der Waals surface area contributed by atoms with Gasteiger partial charge in [-0.05, 0) is 86.8 Å². The van der Waals surface area contributed by atoms with Crippen LogP contribution in [0.4, 0.5) is 0 Å². The van der Waals surface area contributed by atoms with Crippen LogP contribution in [-0.4, -0.2) is 4.70 Å². The van der Waals surface area contributed by atoms with Crippen molar-refractivity contribution in [1.82, 2.24) is 0 Å². The van der Waals surface area contributed by atoms with Crippen LogP contribution < -0.4 is 0 Å². The molecule has 0 saturated heterocycles. The predicted molar refractivity (Wildman–Crippen MR) is 165 cm³/mol. The molecule has 0 unspecified atom stereocenters. The van der Waals surface area contributed by atoms with Gasteiger partial charge in [-0.2, -0.15) is 0 Å². The van der Waals surface area contributed by atoms with Crippen LogP contribution in [0, 0.1) is 0 Å². The molecule has 3 rings (SSSR count). The summed E-state index contributed by atoms with van der Waals surface area (Å²) in [5, 5.41) is 0. The largest absolute Gasteiger partial charge is 0.493 e. The fourth-order valence-electron chi connectivity index (χ4n) is 5.64. The Labute approximate surface area is 249 Å². The van der Waals surface area contributed by atoms with E-state index in [1.54, 1.807) is 0 Å². The van der Waals surface area contributed by atoms with Gasteiger partial charge in [-0.1, -0.05) is 103 Å². The Morgan fingerprint density at radius 1 is 0.462 bits per heavy atom. The van der Waals surface area contributed by atoms with Gasteiger partial charge in [0, 0.05) is 38.8 Å². The standard InChI is InChI=1S/C36H52N2.Ni/c1-5-9-13-14-15-16-18-30-23-27-32(28-24-30)36-34(20-12-8-4)33(19-11-7-3)35(38(36)37)31-25-21-29(22-26-31)17-10-6-2;/h21-28H,5-20H2,1-4H3;. The van der Waals surface area contributed by atoms with Crippen LogP contribution in [0.5, 0.6) is 0 Å². The van der Waals surface area contributed by atoms with Crippen LogP contribution in [-0.2, 0) is 29.3 Å². The third-order valence-electron chi connectivity index (χ3n) is 8.01. The molecule has 0 spiro atoms. The molecule has 3 heteroatoms. The van der Waals surface area contributed by atoms with Gasteiger partial charge in [-0.25, -0.2) is 4.70 Å². The van der Waals surface area contributed by atoms with Gasteiger partial charge in [0.25, 0.3) is 0 Å². The molecular weight excluding hydrogens is 519 g/mol. The Morgan fingerprint density at radius 2 is 0.821 bits per heavy atom. The molecule has 0 radical (unpaired) electrons. The second kappa shape index (κ2) is 18.4. The summed E-state index contributed by atoms with van der Waals surface area (Å²) in [5.41, 5.74) is 21.5. The quantitative estimate of drug-likeness (QED) is 0.0966. The molecule has 2 nitrogen and oxygen atoms in total. The second-order valence-electron chi connectivity index (χ2n) is 11.2. The average molecular weight is 572 g/mol. The normalized spacial score (nSPS) is 13.4. The molecule has 1 aliphatic rings. The zero-order chi connectivity index (χ0) is 27.2. The molecule has 0 aromatic heterocycles. The van der Waals surface area contributed by atoms with Crippen molar-refractivity contribution in [2.24, 2.45) is 0 Å². The number of nitrogens with zero attached hydrogens (tertiary/aromatic N) is 2. The van der Waals surface area contributed by atoms with Crippen LogP contribution in [0.3, 0.4) is 0 Å². The number of hydrogen-bond acceptors (Lipinski definition) is 0. The number of benzene rings is 2. The molecule has 0 aliphatic carbocycles. The molecular formula is C36H52N2Ni. The molecule has 216 valence electrons. The van der Waals surface area contributed by atoms with Gasteiger partial charge >= 0.3 is 0 Å². The van der Waals surface area contributed by atoms with Crippen molar-refractivity contribution in [2.75, 3.05) is 0 Å². The minimum Gasteiger partial charge on any atom is -0.493 e. The Bertz CT molecular complexity index is 1060. The van der Waals surface area contributed by atoms with Crippen molar-refractivity contribution >= 4 is 11.4 Å². The molecule has 0 amide bonds. The average Bonchev–Trinajstić information content (AvgIpc) is 3.22. The number of allylic oxidation sites excluding steroid dienone is 2. The molecule has 0 atom stereocenters. The van der Waals surface area contributed by atoms with E-state index in [4.69, 9.17) is 0 Å². The van der Waals surface area contributed by atoms with Crippen molar-refractivity contribution in [3.8, 4) is 0 Å². The molecule has 1 heterocycles. The van der Waals surface area contributed by atoms with E-state index >= 15 is 0 Å². The first-order valence-electron chi connectivity index (χ1n) is 15.8. The van der Waals surface area contributed by atoms with Crippen molar-refractivity contribution in [3.63, 3.8) is 0 Å². The molecule has 0 fully saturated rings. The van der Waals surface area contributed by atoms with Crippen molar-refractivity contribution in [2.45, 2.75) is 130 Å². The number of rotatable bonds is 18. The predicted octanol–water partition coefficient (Wildman–Crippen LogP) is 11.5. The van der Waals surface area contributed by atoms with Crippen LogP contribution in [0.1, 0.15) is 140 Å². The molecule has 2 aromatic rings. The van der Waals surface area contributed by atoms with Crippen LogP contribution >= 0.6 is 0 Å². The van der Waals surface area contributed by atoms with E-state index in [-0.39, 0.29) is 16.5 Å². The van der Waals surface area contributed by atoms with E-state index in [0.717, 1.165) is 73.9 Å². The van der Waals surface area contributed by atoms with Gasteiger partial charge in [0.05, 0.1) is 0 Å². The second-order valence-corrected chi connectivity index (χ2v) is 11.2. The van der Waals surface area contributed by atoms with Crippen molar-refractivity contribution in [1.29, 1.82) is 0 Å². The van der Waals surface area contributed by atoms with Gasteiger partial charge in [0.15, 0.2) is 0 Å². The van der Waals surface area contributed by atoms with Crippen molar-refractivity contribution in [3.05, 3.63) is 87.5 Å². The van der Waals surface area contributed by atoms with Crippen LogP contribution in [0.2, 0.25) is 0 Å². The van der Waals surface area contributed by atoms with Gasteiger partial charge in [-0.3, -0.25) is 0 Å². The maximum Gasteiger partial charge on any atom is 0.211 e. The molecule has 1 aliphatic heterocycles. The zero-order valence-electron chi connectivity index (χ0n) is 25.1. The zero-order valence-corrected chi connectivity index (χ0v) is 26.1. The number of hydrogen-bond donors (Lipinski definition) is 0. The monoisotopic (exact) mass is 570 g/mol. The van der Waals surface area contributed by atoms with Crippen LogP contribution in [0.15, 0.2) is 59.7 Å². The van der Waals surface area contributed by atoms with Gasteiger partial charge in [0.1, 0.15) is 0 Å². The SMILES string of the molecule is CCCCCCCCc1ccc(C2=C(CCCC)C(CCCC)=C(c3ccc(CCCC)cc3)[N+]2=[N-])cc1.[Ni]. The summed E-state index contributed by atoms with van der Waals surface area (Å²) in [6.07, 6.45) is 19.3. The van der Waals surface area contributed by atoms with E-state index in [2.05, 4.69) is 76.2 Å². The van der Waals surface area contributed by atoms with Gasteiger partial charge in [-0.15, -0.1) is 0 Å². The summed E-state index contributed by atoms with van der Waals surface area (Å²) in [5.74, 6) is 0. The molecule has 0 saturated carbocycles. The van der Waals surface area contributed by atoms with E-state index in [1.165, 1.54) is 78.3 Å². The molecule has 0 N–H and O–H groups in total. The maximum absolute atomic E-state index is 11.7. The Morgan fingerprint density at radius 3 is 1.26 bits per heavy atom. The van der Waals surface area contributed by atoms with Gasteiger partial charge < -0.3 is 5.53 Å².